The fraction of sp³-hybridized carbons (Fsp3) is 1.00. The lowest BCUT2D eigenvalue weighted by Gasteiger charge is -2.17. The maximum Gasteiger partial charge on any atom is 0.211 e. The molecule has 5 nitrogen and oxygen atoms in total. The molecule has 0 aliphatic heterocycles. The van der Waals surface area contributed by atoms with Gasteiger partial charge < -0.3 is 9.80 Å². The van der Waals surface area contributed by atoms with Gasteiger partial charge in [0, 0.05) is 0 Å². The Kier molecular flexibility index (Phi) is 7.91. The Hall–Kier alpha value is -0.170. The summed E-state index contributed by atoms with van der Waals surface area (Å²) in [5.41, 5.74) is 0. The number of hydrogen-bond donors (Lipinski definition) is 1. The van der Waals surface area contributed by atoms with Crippen molar-refractivity contribution in [2.24, 2.45) is 0 Å². The second kappa shape index (κ2) is 8.00. The lowest BCUT2D eigenvalue weighted by Crippen LogP contribution is -2.28. The summed E-state index contributed by atoms with van der Waals surface area (Å²) in [7, 11) is 4.56. The lowest BCUT2D eigenvalue weighted by molar-refractivity contribution is 0.301. The van der Waals surface area contributed by atoms with Gasteiger partial charge in [0.1, 0.15) is 0 Å². The highest BCUT2D eigenvalue weighted by molar-refractivity contribution is 7.89. The molecular formula is C10H25N3O2S. The van der Waals surface area contributed by atoms with Gasteiger partial charge in [-0.3, -0.25) is 0 Å². The van der Waals surface area contributed by atoms with Crippen LogP contribution >= 0.6 is 0 Å². The summed E-state index contributed by atoms with van der Waals surface area (Å²) >= 11 is 0. The first kappa shape index (κ1) is 15.8. The molecule has 0 unspecified atom stereocenters. The number of nitrogens with one attached hydrogen (secondary N) is 1. The van der Waals surface area contributed by atoms with Crippen molar-refractivity contribution in [1.29, 1.82) is 0 Å². The van der Waals surface area contributed by atoms with Gasteiger partial charge in [-0.25, -0.2) is 13.1 Å². The predicted octanol–water partition coefficient (Wildman–Crippen LogP) is -0.191. The summed E-state index contributed by atoms with van der Waals surface area (Å²) in [6.45, 7) is 2.91. The minimum atomic E-state index is -3.03. The zero-order valence-corrected chi connectivity index (χ0v) is 11.7. The Labute approximate surface area is 99.9 Å². The standard InChI is InChI=1S/C10H25N3O2S/c1-11-16(14,15)10-6-9-13(4)8-5-7-12(2)3/h11H,5-10H2,1-4H3. The second-order valence-electron chi connectivity index (χ2n) is 4.34. The van der Waals surface area contributed by atoms with E-state index in [9.17, 15) is 8.42 Å². The van der Waals surface area contributed by atoms with Crippen molar-refractivity contribution in [3.8, 4) is 0 Å². The topological polar surface area (TPSA) is 52.7 Å². The first-order valence-electron chi connectivity index (χ1n) is 5.62. The van der Waals surface area contributed by atoms with E-state index in [0.717, 1.165) is 26.1 Å². The summed E-state index contributed by atoms with van der Waals surface area (Å²) in [5, 5.41) is 0. The van der Waals surface area contributed by atoms with Crippen LogP contribution in [0.5, 0.6) is 0 Å². The van der Waals surface area contributed by atoms with Crippen LogP contribution in [0.1, 0.15) is 12.8 Å². The molecule has 0 fully saturated rings. The van der Waals surface area contributed by atoms with Crippen LogP contribution in [0, 0.1) is 0 Å². The molecule has 1 N–H and O–H groups in total. The van der Waals surface area contributed by atoms with E-state index < -0.39 is 10.0 Å². The molecule has 0 heterocycles. The highest BCUT2D eigenvalue weighted by atomic mass is 32.2. The van der Waals surface area contributed by atoms with Gasteiger partial charge >= 0.3 is 0 Å². The maximum atomic E-state index is 11.1. The molecule has 0 saturated carbocycles. The zero-order valence-electron chi connectivity index (χ0n) is 10.9. The fourth-order valence-corrected chi connectivity index (χ4v) is 2.11. The van der Waals surface area contributed by atoms with Crippen molar-refractivity contribution in [1.82, 2.24) is 14.5 Å². The number of sulfonamides is 1. The van der Waals surface area contributed by atoms with Gasteiger partial charge in [-0.2, -0.15) is 0 Å². The van der Waals surface area contributed by atoms with E-state index in [2.05, 4.69) is 28.6 Å². The quantitative estimate of drug-likeness (QED) is 0.617. The normalized spacial score (nSPS) is 12.6. The summed E-state index contributed by atoms with van der Waals surface area (Å²) in [4.78, 5) is 4.33. The van der Waals surface area contributed by atoms with E-state index in [1.54, 1.807) is 0 Å². The van der Waals surface area contributed by atoms with Gasteiger partial charge in [-0.1, -0.05) is 0 Å². The first-order chi connectivity index (χ1) is 7.37. The molecule has 0 radical (unpaired) electrons. The molecule has 6 heteroatoms. The highest BCUT2D eigenvalue weighted by Gasteiger charge is 2.07. The van der Waals surface area contributed by atoms with Gasteiger partial charge in [-0.05, 0) is 60.7 Å². The van der Waals surface area contributed by atoms with Crippen LogP contribution < -0.4 is 4.72 Å². The molecule has 0 atom stereocenters. The van der Waals surface area contributed by atoms with Crippen molar-refractivity contribution in [2.75, 3.05) is 53.6 Å². The first-order valence-corrected chi connectivity index (χ1v) is 7.27. The number of nitrogens with zero attached hydrogens (tertiary/aromatic N) is 2. The van der Waals surface area contributed by atoms with Gasteiger partial charge in [0.25, 0.3) is 0 Å². The summed E-state index contributed by atoms with van der Waals surface area (Å²) in [5.74, 6) is 0.210. The molecule has 0 amide bonds. The molecule has 16 heavy (non-hydrogen) atoms. The summed E-state index contributed by atoms with van der Waals surface area (Å²) in [6.07, 6.45) is 1.80. The van der Waals surface area contributed by atoms with Crippen LogP contribution in [0.4, 0.5) is 0 Å². The van der Waals surface area contributed by atoms with E-state index in [4.69, 9.17) is 0 Å². The second-order valence-corrected chi connectivity index (χ2v) is 6.38. The van der Waals surface area contributed by atoms with Gasteiger partial charge in [0.2, 0.25) is 10.0 Å². The minimum absolute atomic E-state index is 0.210. The molecule has 0 saturated heterocycles. The van der Waals surface area contributed by atoms with Crippen molar-refractivity contribution < 1.29 is 8.42 Å². The maximum absolute atomic E-state index is 11.1. The van der Waals surface area contributed by atoms with Crippen LogP contribution in [0.3, 0.4) is 0 Å². The third-order valence-electron chi connectivity index (χ3n) is 2.41. The zero-order chi connectivity index (χ0) is 12.6. The van der Waals surface area contributed by atoms with E-state index in [0.29, 0.717) is 6.42 Å². The SMILES string of the molecule is CNS(=O)(=O)CCCN(C)CCCN(C)C. The molecule has 98 valence electrons. The molecule has 0 aliphatic rings. The Morgan fingerprint density at radius 2 is 1.56 bits per heavy atom. The molecular weight excluding hydrogens is 226 g/mol. The van der Waals surface area contributed by atoms with Gasteiger partial charge in [-0.15, -0.1) is 0 Å². The van der Waals surface area contributed by atoms with Gasteiger partial charge in [0.05, 0.1) is 5.75 Å². The van der Waals surface area contributed by atoms with Crippen LogP contribution in [0.25, 0.3) is 0 Å². The Balaban J connectivity index is 3.55. The van der Waals surface area contributed by atoms with E-state index in [1.165, 1.54) is 7.05 Å². The highest BCUT2D eigenvalue weighted by Crippen LogP contribution is 1.94. The molecule has 0 spiro atoms. The Morgan fingerprint density at radius 1 is 1.00 bits per heavy atom. The average molecular weight is 251 g/mol. The Bertz CT molecular complexity index is 265. The van der Waals surface area contributed by atoms with Crippen molar-refractivity contribution >= 4 is 10.0 Å². The number of rotatable bonds is 9. The summed E-state index contributed by atoms with van der Waals surface area (Å²) in [6, 6.07) is 0. The van der Waals surface area contributed by atoms with E-state index >= 15 is 0 Å². The molecule has 0 aromatic heterocycles. The van der Waals surface area contributed by atoms with Crippen molar-refractivity contribution in [3.05, 3.63) is 0 Å². The largest absolute Gasteiger partial charge is 0.309 e. The minimum Gasteiger partial charge on any atom is -0.309 e. The molecule has 0 bridgehead atoms. The van der Waals surface area contributed by atoms with Crippen LogP contribution in [0.2, 0.25) is 0 Å². The molecule has 0 aromatic carbocycles. The fourth-order valence-electron chi connectivity index (χ4n) is 1.40. The average Bonchev–Trinajstić information content (AvgIpc) is 2.17. The van der Waals surface area contributed by atoms with Crippen molar-refractivity contribution in [2.45, 2.75) is 12.8 Å². The predicted molar refractivity (Wildman–Crippen MR) is 68.1 cm³/mol. The monoisotopic (exact) mass is 251 g/mol. The Morgan fingerprint density at radius 3 is 2.06 bits per heavy atom. The third kappa shape index (κ3) is 9.08. The van der Waals surface area contributed by atoms with Crippen LogP contribution in [-0.2, 0) is 10.0 Å². The van der Waals surface area contributed by atoms with E-state index in [-0.39, 0.29) is 5.75 Å². The van der Waals surface area contributed by atoms with Gasteiger partial charge in [0.15, 0.2) is 0 Å². The van der Waals surface area contributed by atoms with Crippen LogP contribution in [-0.4, -0.2) is 71.8 Å². The molecule has 0 aromatic rings. The van der Waals surface area contributed by atoms with Crippen LogP contribution in [0.15, 0.2) is 0 Å². The molecule has 0 rings (SSSR count). The lowest BCUT2D eigenvalue weighted by atomic mass is 10.3. The molecule has 0 aliphatic carbocycles. The summed E-state index contributed by atoms with van der Waals surface area (Å²) < 4.78 is 24.6. The smallest absolute Gasteiger partial charge is 0.211 e. The van der Waals surface area contributed by atoms with E-state index in [1.807, 2.05) is 7.05 Å². The van der Waals surface area contributed by atoms with Crippen molar-refractivity contribution in [3.63, 3.8) is 0 Å². The number of hydrogen-bond acceptors (Lipinski definition) is 4. The third-order valence-corrected chi connectivity index (χ3v) is 3.86.